The SMILES string of the molecule is CC(C)(C)OCC(NCCNC(=O)OCc1ccccc1)C(=O)O. The number of ether oxygens (including phenoxy) is 2. The van der Waals surface area contributed by atoms with Crippen LogP contribution in [0.4, 0.5) is 4.79 Å². The number of carboxylic acid groups (broad SMARTS) is 1. The molecule has 1 aromatic rings. The zero-order chi connectivity index (χ0) is 18.0. The van der Waals surface area contributed by atoms with E-state index in [2.05, 4.69) is 10.6 Å². The maximum Gasteiger partial charge on any atom is 0.407 e. The number of amides is 1. The molecule has 1 aromatic carbocycles. The second-order valence-electron chi connectivity index (χ2n) is 6.26. The molecule has 0 aliphatic rings. The van der Waals surface area contributed by atoms with Crippen molar-refractivity contribution in [2.45, 2.75) is 39.0 Å². The molecule has 134 valence electrons. The Balaban J connectivity index is 2.20. The van der Waals surface area contributed by atoms with Gasteiger partial charge in [-0.3, -0.25) is 4.79 Å². The molecule has 0 bridgehead atoms. The highest BCUT2D eigenvalue weighted by atomic mass is 16.5. The molecule has 1 rings (SSSR count). The number of carbonyl (C=O) groups excluding carboxylic acids is 1. The van der Waals surface area contributed by atoms with Gasteiger partial charge in [0.25, 0.3) is 0 Å². The van der Waals surface area contributed by atoms with Crippen molar-refractivity contribution in [2.75, 3.05) is 19.7 Å². The average molecular weight is 338 g/mol. The lowest BCUT2D eigenvalue weighted by Gasteiger charge is -2.23. The number of alkyl carbamates (subject to hydrolysis) is 1. The van der Waals surface area contributed by atoms with Crippen molar-refractivity contribution in [1.29, 1.82) is 0 Å². The largest absolute Gasteiger partial charge is 0.480 e. The van der Waals surface area contributed by atoms with Gasteiger partial charge in [-0.2, -0.15) is 0 Å². The molecule has 1 amide bonds. The molecule has 0 saturated heterocycles. The maximum atomic E-state index is 11.5. The highest BCUT2D eigenvalue weighted by Gasteiger charge is 2.20. The number of carbonyl (C=O) groups is 2. The van der Waals surface area contributed by atoms with Crippen LogP contribution in [-0.2, 0) is 20.9 Å². The highest BCUT2D eigenvalue weighted by molar-refractivity contribution is 5.73. The minimum Gasteiger partial charge on any atom is -0.480 e. The van der Waals surface area contributed by atoms with Gasteiger partial charge in [0.1, 0.15) is 12.6 Å². The normalized spacial score (nSPS) is 12.5. The molecule has 24 heavy (non-hydrogen) atoms. The molecule has 3 N–H and O–H groups in total. The van der Waals surface area contributed by atoms with E-state index in [-0.39, 0.29) is 19.8 Å². The predicted octanol–water partition coefficient (Wildman–Crippen LogP) is 1.77. The first-order valence-electron chi connectivity index (χ1n) is 7.82. The summed E-state index contributed by atoms with van der Waals surface area (Å²) in [5.41, 5.74) is 0.491. The van der Waals surface area contributed by atoms with Crippen molar-refractivity contribution in [3.63, 3.8) is 0 Å². The van der Waals surface area contributed by atoms with E-state index >= 15 is 0 Å². The van der Waals surface area contributed by atoms with Crippen LogP contribution in [0.25, 0.3) is 0 Å². The van der Waals surface area contributed by atoms with Crippen molar-refractivity contribution in [1.82, 2.24) is 10.6 Å². The van der Waals surface area contributed by atoms with Gasteiger partial charge >= 0.3 is 12.1 Å². The zero-order valence-electron chi connectivity index (χ0n) is 14.4. The first-order chi connectivity index (χ1) is 11.3. The van der Waals surface area contributed by atoms with Gasteiger partial charge in [0.05, 0.1) is 12.2 Å². The van der Waals surface area contributed by atoms with E-state index in [0.29, 0.717) is 6.54 Å². The van der Waals surface area contributed by atoms with E-state index in [9.17, 15) is 9.59 Å². The Hall–Kier alpha value is -2.12. The summed E-state index contributed by atoms with van der Waals surface area (Å²) in [4.78, 5) is 22.7. The first-order valence-corrected chi connectivity index (χ1v) is 7.82. The molecule has 0 aliphatic carbocycles. The fourth-order valence-corrected chi connectivity index (χ4v) is 1.74. The lowest BCUT2D eigenvalue weighted by Crippen LogP contribution is -2.45. The topological polar surface area (TPSA) is 96.9 Å². The summed E-state index contributed by atoms with van der Waals surface area (Å²) in [5.74, 6) is -0.995. The van der Waals surface area contributed by atoms with Gasteiger partial charge in [-0.1, -0.05) is 30.3 Å². The van der Waals surface area contributed by atoms with E-state index in [4.69, 9.17) is 14.6 Å². The van der Waals surface area contributed by atoms with Gasteiger partial charge < -0.3 is 25.2 Å². The van der Waals surface area contributed by atoms with Crippen molar-refractivity contribution in [2.24, 2.45) is 0 Å². The van der Waals surface area contributed by atoms with Gasteiger partial charge in [-0.25, -0.2) is 4.79 Å². The minimum atomic E-state index is -0.995. The van der Waals surface area contributed by atoms with Crippen LogP contribution in [0, 0.1) is 0 Å². The summed E-state index contributed by atoms with van der Waals surface area (Å²) >= 11 is 0. The number of hydrogen-bond acceptors (Lipinski definition) is 5. The Bertz CT molecular complexity index is 513. The summed E-state index contributed by atoms with van der Waals surface area (Å²) in [6.07, 6.45) is -0.543. The predicted molar refractivity (Wildman–Crippen MR) is 89.8 cm³/mol. The number of aliphatic carboxylic acids is 1. The number of benzene rings is 1. The van der Waals surface area contributed by atoms with Crippen molar-refractivity contribution in [3.8, 4) is 0 Å². The molecular formula is C17H26N2O5. The Morgan fingerprint density at radius 2 is 1.83 bits per heavy atom. The van der Waals surface area contributed by atoms with Crippen LogP contribution >= 0.6 is 0 Å². The first kappa shape index (κ1) is 19.9. The third-order valence-electron chi connectivity index (χ3n) is 2.98. The smallest absolute Gasteiger partial charge is 0.407 e. The summed E-state index contributed by atoms with van der Waals surface area (Å²) in [7, 11) is 0. The standard InChI is InChI=1S/C17H26N2O5/c1-17(2,3)24-12-14(15(20)21)18-9-10-19-16(22)23-11-13-7-5-4-6-8-13/h4-8,14,18H,9-12H2,1-3H3,(H,19,22)(H,20,21). The number of hydrogen-bond donors (Lipinski definition) is 3. The molecule has 1 unspecified atom stereocenters. The Morgan fingerprint density at radius 1 is 1.17 bits per heavy atom. The van der Waals surface area contributed by atoms with Crippen LogP contribution in [0.15, 0.2) is 30.3 Å². The summed E-state index contributed by atoms with van der Waals surface area (Å²) < 4.78 is 10.5. The lowest BCUT2D eigenvalue weighted by molar-refractivity contribution is -0.142. The molecule has 0 spiro atoms. The Kier molecular flexibility index (Phi) is 8.21. The minimum absolute atomic E-state index is 0.0529. The monoisotopic (exact) mass is 338 g/mol. The van der Waals surface area contributed by atoms with Crippen molar-refractivity contribution in [3.05, 3.63) is 35.9 Å². The van der Waals surface area contributed by atoms with Crippen LogP contribution in [0.5, 0.6) is 0 Å². The van der Waals surface area contributed by atoms with E-state index in [1.165, 1.54) is 0 Å². The second kappa shape index (κ2) is 9.89. The van der Waals surface area contributed by atoms with E-state index in [1.54, 1.807) is 0 Å². The van der Waals surface area contributed by atoms with Crippen LogP contribution in [0.2, 0.25) is 0 Å². The summed E-state index contributed by atoms with van der Waals surface area (Å²) in [6, 6.07) is 8.52. The molecule has 0 aromatic heterocycles. The van der Waals surface area contributed by atoms with Gasteiger partial charge in [0.15, 0.2) is 0 Å². The van der Waals surface area contributed by atoms with Crippen LogP contribution in [0.3, 0.4) is 0 Å². The van der Waals surface area contributed by atoms with E-state index in [0.717, 1.165) is 5.56 Å². The number of rotatable bonds is 9. The molecule has 0 radical (unpaired) electrons. The molecule has 7 heteroatoms. The number of nitrogens with one attached hydrogen (secondary N) is 2. The third kappa shape index (κ3) is 9.12. The fraction of sp³-hybridized carbons (Fsp3) is 0.529. The van der Waals surface area contributed by atoms with Gasteiger partial charge in [0, 0.05) is 13.1 Å². The second-order valence-corrected chi connectivity index (χ2v) is 6.26. The lowest BCUT2D eigenvalue weighted by atomic mass is 10.2. The molecule has 0 fully saturated rings. The molecule has 0 saturated carbocycles. The molecule has 1 atom stereocenters. The quantitative estimate of drug-likeness (QED) is 0.594. The van der Waals surface area contributed by atoms with Gasteiger partial charge in [-0.05, 0) is 26.3 Å². The molecular weight excluding hydrogens is 312 g/mol. The zero-order valence-corrected chi connectivity index (χ0v) is 14.4. The molecule has 0 aliphatic heterocycles. The van der Waals surface area contributed by atoms with Crippen LogP contribution in [-0.4, -0.2) is 48.5 Å². The van der Waals surface area contributed by atoms with Crippen molar-refractivity contribution >= 4 is 12.1 Å². The van der Waals surface area contributed by atoms with Crippen molar-refractivity contribution < 1.29 is 24.2 Å². The van der Waals surface area contributed by atoms with E-state index < -0.39 is 23.7 Å². The van der Waals surface area contributed by atoms with Crippen LogP contribution < -0.4 is 10.6 Å². The molecule has 0 heterocycles. The highest BCUT2D eigenvalue weighted by Crippen LogP contribution is 2.07. The van der Waals surface area contributed by atoms with Gasteiger partial charge in [-0.15, -0.1) is 0 Å². The number of carboxylic acids is 1. The summed E-state index contributed by atoms with van der Waals surface area (Å²) in [6.45, 7) is 6.37. The Labute approximate surface area is 142 Å². The average Bonchev–Trinajstić information content (AvgIpc) is 2.51. The fourth-order valence-electron chi connectivity index (χ4n) is 1.74. The Morgan fingerprint density at radius 3 is 2.42 bits per heavy atom. The third-order valence-corrected chi connectivity index (χ3v) is 2.98. The van der Waals surface area contributed by atoms with E-state index in [1.807, 2.05) is 51.1 Å². The molecule has 7 nitrogen and oxygen atoms in total. The summed E-state index contributed by atoms with van der Waals surface area (Å²) in [5, 5.41) is 14.5. The van der Waals surface area contributed by atoms with Gasteiger partial charge in [0.2, 0.25) is 0 Å². The van der Waals surface area contributed by atoms with Crippen LogP contribution in [0.1, 0.15) is 26.3 Å². The maximum absolute atomic E-state index is 11.5.